The molecule has 0 bridgehead atoms. The molecule has 5 heteroatoms. The van der Waals surface area contributed by atoms with Crippen molar-refractivity contribution in [2.24, 2.45) is 0 Å². The van der Waals surface area contributed by atoms with Gasteiger partial charge in [-0.15, -0.1) is 0 Å². The van der Waals surface area contributed by atoms with E-state index in [1.165, 1.54) is 10.9 Å². The lowest BCUT2D eigenvalue weighted by atomic mass is 9.95. The first-order valence-electron chi connectivity index (χ1n) is 8.03. The van der Waals surface area contributed by atoms with Crippen LogP contribution >= 0.6 is 11.6 Å². The number of carbonyl (C=O) groups excluding carboxylic acids is 1. The van der Waals surface area contributed by atoms with Crippen molar-refractivity contribution in [1.29, 1.82) is 0 Å². The number of hydrogen-bond acceptors (Lipinski definition) is 1. The van der Waals surface area contributed by atoms with Gasteiger partial charge in [0.15, 0.2) is 0 Å². The number of fused-ring (bicyclic) bond motifs is 1. The summed E-state index contributed by atoms with van der Waals surface area (Å²) in [6, 6.07) is 15.2. The van der Waals surface area contributed by atoms with Gasteiger partial charge in [0.25, 0.3) is 0 Å². The topological polar surface area (TPSA) is 56.9 Å². The summed E-state index contributed by atoms with van der Waals surface area (Å²) in [6.45, 7) is 0.626. The molecule has 1 aromatic heterocycles. The predicted molar refractivity (Wildman–Crippen MR) is 97.7 cm³/mol. The number of halogens is 1. The van der Waals surface area contributed by atoms with Gasteiger partial charge in [0, 0.05) is 39.8 Å². The standard InChI is InChI=1S/C19H18ClN3O/c20-13-6-7-15-16(11-21-17(15)10-13)19(8-9-19)12-22-18(24)23-14-4-2-1-3-5-14/h1-7,10-11,21H,8-9,12H2,(H2,22,23,24). The molecule has 1 aliphatic rings. The first-order chi connectivity index (χ1) is 11.7. The molecule has 2 amide bonds. The Balaban J connectivity index is 1.46. The van der Waals surface area contributed by atoms with Crippen molar-refractivity contribution in [2.45, 2.75) is 18.3 Å². The minimum Gasteiger partial charge on any atom is -0.361 e. The molecule has 4 nitrogen and oxygen atoms in total. The summed E-state index contributed by atoms with van der Waals surface area (Å²) >= 11 is 6.05. The lowest BCUT2D eigenvalue weighted by molar-refractivity contribution is 0.251. The Hall–Kier alpha value is -2.46. The molecule has 3 N–H and O–H groups in total. The number of benzene rings is 2. The van der Waals surface area contributed by atoms with Crippen LogP contribution in [-0.4, -0.2) is 17.6 Å². The fraction of sp³-hybridized carbons (Fsp3) is 0.211. The second-order valence-electron chi connectivity index (χ2n) is 6.35. The number of anilines is 1. The molecule has 0 spiro atoms. The van der Waals surface area contributed by atoms with E-state index in [1.54, 1.807) is 0 Å². The van der Waals surface area contributed by atoms with Crippen LogP contribution in [0.15, 0.2) is 54.7 Å². The SMILES string of the molecule is O=C(NCC1(c2c[nH]c3cc(Cl)ccc23)CC1)Nc1ccccc1. The smallest absolute Gasteiger partial charge is 0.319 e. The second-order valence-corrected chi connectivity index (χ2v) is 6.78. The fourth-order valence-corrected chi connectivity index (χ4v) is 3.35. The van der Waals surface area contributed by atoms with Crippen LogP contribution in [0.5, 0.6) is 0 Å². The van der Waals surface area contributed by atoms with Crippen LogP contribution in [0.25, 0.3) is 10.9 Å². The molecule has 1 heterocycles. The van der Waals surface area contributed by atoms with Crippen LogP contribution in [0, 0.1) is 0 Å². The van der Waals surface area contributed by atoms with Crippen molar-refractivity contribution in [3.8, 4) is 0 Å². The minimum atomic E-state index is -0.171. The van der Waals surface area contributed by atoms with Gasteiger partial charge in [0.2, 0.25) is 0 Å². The Bertz CT molecular complexity index is 884. The number of para-hydroxylation sites is 1. The quantitative estimate of drug-likeness (QED) is 0.635. The maximum absolute atomic E-state index is 12.1. The summed E-state index contributed by atoms with van der Waals surface area (Å²) in [7, 11) is 0. The van der Waals surface area contributed by atoms with Crippen molar-refractivity contribution in [3.05, 3.63) is 65.3 Å². The molecule has 4 rings (SSSR count). The zero-order valence-electron chi connectivity index (χ0n) is 13.1. The van der Waals surface area contributed by atoms with Crippen LogP contribution in [-0.2, 0) is 5.41 Å². The molecule has 1 aliphatic carbocycles. The van der Waals surface area contributed by atoms with Crippen molar-refractivity contribution >= 4 is 34.2 Å². The van der Waals surface area contributed by atoms with Gasteiger partial charge in [-0.1, -0.05) is 35.9 Å². The number of aromatic amines is 1. The number of H-pyrrole nitrogens is 1. The molecular weight excluding hydrogens is 322 g/mol. The van der Waals surface area contributed by atoms with E-state index in [-0.39, 0.29) is 11.4 Å². The van der Waals surface area contributed by atoms with E-state index in [0.717, 1.165) is 29.1 Å². The van der Waals surface area contributed by atoms with Gasteiger partial charge in [0.05, 0.1) is 0 Å². The molecule has 0 radical (unpaired) electrons. The number of aromatic nitrogens is 1. The van der Waals surface area contributed by atoms with Gasteiger partial charge < -0.3 is 15.6 Å². The highest BCUT2D eigenvalue weighted by Gasteiger charge is 2.45. The second kappa shape index (κ2) is 5.87. The van der Waals surface area contributed by atoms with E-state index in [9.17, 15) is 4.79 Å². The molecule has 0 unspecified atom stereocenters. The lowest BCUT2D eigenvalue weighted by Gasteiger charge is -2.16. The monoisotopic (exact) mass is 339 g/mol. The minimum absolute atomic E-state index is 0.0279. The zero-order valence-corrected chi connectivity index (χ0v) is 13.9. The third-order valence-electron chi connectivity index (χ3n) is 4.69. The van der Waals surface area contributed by atoms with Crippen molar-refractivity contribution < 1.29 is 4.79 Å². The Kier molecular flexibility index (Phi) is 3.69. The summed E-state index contributed by atoms with van der Waals surface area (Å²) in [5.74, 6) is 0. The van der Waals surface area contributed by atoms with Crippen molar-refractivity contribution in [1.82, 2.24) is 10.3 Å². The third kappa shape index (κ3) is 2.85. The molecule has 1 fully saturated rings. The van der Waals surface area contributed by atoms with Crippen LogP contribution in [0.1, 0.15) is 18.4 Å². The molecule has 122 valence electrons. The number of amides is 2. The molecule has 24 heavy (non-hydrogen) atoms. The number of hydrogen-bond donors (Lipinski definition) is 3. The first-order valence-corrected chi connectivity index (χ1v) is 8.41. The first kappa shape index (κ1) is 15.1. The molecule has 0 saturated heterocycles. The highest BCUT2D eigenvalue weighted by atomic mass is 35.5. The maximum Gasteiger partial charge on any atom is 0.319 e. The summed E-state index contributed by atoms with van der Waals surface area (Å²) in [4.78, 5) is 15.4. The van der Waals surface area contributed by atoms with Crippen molar-refractivity contribution in [2.75, 3.05) is 11.9 Å². The fourth-order valence-electron chi connectivity index (χ4n) is 3.18. The van der Waals surface area contributed by atoms with Gasteiger partial charge in [-0.05, 0) is 42.7 Å². The van der Waals surface area contributed by atoms with Gasteiger partial charge in [-0.3, -0.25) is 0 Å². The summed E-state index contributed by atoms with van der Waals surface area (Å²) in [5, 5.41) is 7.77. The molecule has 2 aromatic carbocycles. The van der Waals surface area contributed by atoms with Crippen LogP contribution in [0.3, 0.4) is 0 Å². The van der Waals surface area contributed by atoms with Gasteiger partial charge in [-0.25, -0.2) is 4.79 Å². The average Bonchev–Trinajstić information content (AvgIpc) is 3.26. The highest BCUT2D eigenvalue weighted by Crippen LogP contribution is 2.50. The zero-order chi connectivity index (χ0) is 16.6. The number of carbonyl (C=O) groups is 1. The Morgan fingerprint density at radius 2 is 1.96 bits per heavy atom. The van der Waals surface area contributed by atoms with Crippen LogP contribution < -0.4 is 10.6 Å². The van der Waals surface area contributed by atoms with E-state index < -0.39 is 0 Å². The van der Waals surface area contributed by atoms with E-state index in [4.69, 9.17) is 11.6 Å². The Morgan fingerprint density at radius 1 is 1.17 bits per heavy atom. The molecular formula is C19H18ClN3O. The predicted octanol–water partition coefficient (Wildman–Crippen LogP) is 4.67. The molecule has 1 saturated carbocycles. The number of urea groups is 1. The van der Waals surface area contributed by atoms with E-state index in [0.29, 0.717) is 6.54 Å². The molecule has 0 aliphatic heterocycles. The summed E-state index contributed by atoms with van der Waals surface area (Å²) in [5.41, 5.74) is 3.12. The van der Waals surface area contributed by atoms with Gasteiger partial charge >= 0.3 is 6.03 Å². The largest absolute Gasteiger partial charge is 0.361 e. The van der Waals surface area contributed by atoms with Crippen LogP contribution in [0.4, 0.5) is 10.5 Å². The van der Waals surface area contributed by atoms with Crippen LogP contribution in [0.2, 0.25) is 5.02 Å². The normalized spacial score (nSPS) is 15.2. The Morgan fingerprint density at radius 3 is 2.71 bits per heavy atom. The van der Waals surface area contributed by atoms with Crippen molar-refractivity contribution in [3.63, 3.8) is 0 Å². The highest BCUT2D eigenvalue weighted by molar-refractivity contribution is 6.31. The summed E-state index contributed by atoms with van der Waals surface area (Å²) < 4.78 is 0. The molecule has 0 atom stereocenters. The van der Waals surface area contributed by atoms with E-state index >= 15 is 0 Å². The Labute approximate surface area is 145 Å². The third-order valence-corrected chi connectivity index (χ3v) is 4.92. The van der Waals surface area contributed by atoms with Gasteiger partial charge in [-0.2, -0.15) is 0 Å². The molecule has 3 aromatic rings. The maximum atomic E-state index is 12.1. The van der Waals surface area contributed by atoms with E-state index in [2.05, 4.69) is 15.6 Å². The lowest BCUT2D eigenvalue weighted by Crippen LogP contribution is -2.35. The summed E-state index contributed by atoms with van der Waals surface area (Å²) in [6.07, 6.45) is 4.20. The van der Waals surface area contributed by atoms with E-state index in [1.807, 2.05) is 54.7 Å². The number of rotatable bonds is 4. The number of nitrogens with one attached hydrogen (secondary N) is 3. The van der Waals surface area contributed by atoms with Gasteiger partial charge in [0.1, 0.15) is 0 Å². The average molecular weight is 340 g/mol.